The lowest BCUT2D eigenvalue weighted by Crippen LogP contribution is -2.30. The van der Waals surface area contributed by atoms with E-state index in [-0.39, 0.29) is 0 Å². The molecule has 5 heteroatoms. The molecule has 2 aromatic heterocycles. The fraction of sp³-hybridized carbons (Fsp3) is 0.350. The highest BCUT2D eigenvalue weighted by Gasteiger charge is 2.12. The molecule has 0 aliphatic heterocycles. The standard InChI is InChI=1S/C20H25N5/c1-15-10-17(3)25(23-15)20-7-5-6-18(12-20)14-24(4)16(2)11-19-13-21-8-9-22-19/h5-10,12-13,16H,11,14H2,1-4H3/t16-/m1/s1. The molecule has 0 spiro atoms. The molecule has 0 radical (unpaired) electrons. The van der Waals surface area contributed by atoms with Crippen molar-refractivity contribution in [3.8, 4) is 5.69 Å². The lowest BCUT2D eigenvalue weighted by atomic mass is 10.1. The summed E-state index contributed by atoms with van der Waals surface area (Å²) in [6.45, 7) is 7.21. The Balaban J connectivity index is 1.70. The predicted molar refractivity (Wildman–Crippen MR) is 99.7 cm³/mol. The zero-order valence-electron chi connectivity index (χ0n) is 15.3. The van der Waals surface area contributed by atoms with Crippen LogP contribution in [0.25, 0.3) is 5.69 Å². The maximum Gasteiger partial charge on any atom is 0.0651 e. The van der Waals surface area contributed by atoms with E-state index in [2.05, 4.69) is 71.2 Å². The van der Waals surface area contributed by atoms with Gasteiger partial charge in [-0.25, -0.2) is 4.68 Å². The fourth-order valence-electron chi connectivity index (χ4n) is 3.01. The third-order valence-electron chi connectivity index (χ3n) is 4.47. The van der Waals surface area contributed by atoms with Gasteiger partial charge in [-0.2, -0.15) is 5.10 Å². The zero-order valence-corrected chi connectivity index (χ0v) is 15.3. The van der Waals surface area contributed by atoms with Gasteiger partial charge in [0.05, 0.1) is 17.1 Å². The zero-order chi connectivity index (χ0) is 17.8. The fourth-order valence-corrected chi connectivity index (χ4v) is 3.01. The maximum absolute atomic E-state index is 4.58. The second-order valence-corrected chi connectivity index (χ2v) is 6.67. The summed E-state index contributed by atoms with van der Waals surface area (Å²) in [7, 11) is 2.15. The molecular weight excluding hydrogens is 310 g/mol. The quantitative estimate of drug-likeness (QED) is 0.693. The van der Waals surface area contributed by atoms with E-state index in [1.54, 1.807) is 12.4 Å². The van der Waals surface area contributed by atoms with Crippen molar-refractivity contribution < 1.29 is 0 Å². The second kappa shape index (κ2) is 7.57. The van der Waals surface area contributed by atoms with Crippen LogP contribution in [0.15, 0.2) is 48.9 Å². The van der Waals surface area contributed by atoms with Crippen molar-refractivity contribution in [2.75, 3.05) is 7.05 Å². The maximum atomic E-state index is 4.58. The van der Waals surface area contributed by atoms with Gasteiger partial charge in [0.2, 0.25) is 0 Å². The van der Waals surface area contributed by atoms with Crippen molar-refractivity contribution in [3.05, 3.63) is 71.6 Å². The number of benzene rings is 1. The van der Waals surface area contributed by atoms with Gasteiger partial charge in [0.25, 0.3) is 0 Å². The van der Waals surface area contributed by atoms with Gasteiger partial charge in [0, 0.05) is 43.3 Å². The van der Waals surface area contributed by atoms with Crippen molar-refractivity contribution in [1.29, 1.82) is 0 Å². The Bertz CT molecular complexity index is 825. The number of rotatable bonds is 6. The van der Waals surface area contributed by atoms with Gasteiger partial charge in [0.1, 0.15) is 0 Å². The summed E-state index contributed by atoms with van der Waals surface area (Å²) in [5.41, 5.74) is 5.60. The van der Waals surface area contributed by atoms with Gasteiger partial charge in [-0.1, -0.05) is 12.1 Å². The molecule has 0 saturated carbocycles. The Morgan fingerprint density at radius 1 is 1.16 bits per heavy atom. The average Bonchev–Trinajstić information content (AvgIpc) is 2.94. The minimum atomic E-state index is 0.383. The smallest absolute Gasteiger partial charge is 0.0651 e. The molecule has 3 rings (SSSR count). The molecule has 0 bridgehead atoms. The summed E-state index contributed by atoms with van der Waals surface area (Å²) in [6.07, 6.45) is 6.19. The van der Waals surface area contributed by atoms with E-state index in [9.17, 15) is 0 Å². The van der Waals surface area contributed by atoms with Crippen LogP contribution in [0.3, 0.4) is 0 Å². The van der Waals surface area contributed by atoms with Crippen LogP contribution in [0.2, 0.25) is 0 Å². The molecule has 2 heterocycles. The molecule has 1 atom stereocenters. The normalized spacial score (nSPS) is 12.5. The Labute approximate surface area is 149 Å². The van der Waals surface area contributed by atoms with Crippen LogP contribution in [0.4, 0.5) is 0 Å². The molecule has 0 aliphatic carbocycles. The van der Waals surface area contributed by atoms with Crippen LogP contribution in [0.1, 0.15) is 29.6 Å². The first-order valence-corrected chi connectivity index (χ1v) is 8.60. The molecular formula is C20H25N5. The highest BCUT2D eigenvalue weighted by atomic mass is 15.3. The second-order valence-electron chi connectivity index (χ2n) is 6.67. The molecule has 0 unspecified atom stereocenters. The van der Waals surface area contributed by atoms with Crippen molar-refractivity contribution in [3.63, 3.8) is 0 Å². The Kier molecular flexibility index (Phi) is 5.24. The topological polar surface area (TPSA) is 46.8 Å². The number of likely N-dealkylation sites (N-methyl/N-ethyl adjacent to an activating group) is 1. The molecule has 5 nitrogen and oxygen atoms in total. The molecule has 0 fully saturated rings. The third-order valence-corrected chi connectivity index (χ3v) is 4.47. The first-order chi connectivity index (χ1) is 12.0. The first kappa shape index (κ1) is 17.3. The van der Waals surface area contributed by atoms with Crippen LogP contribution in [-0.4, -0.2) is 37.7 Å². The van der Waals surface area contributed by atoms with Gasteiger partial charge in [0.15, 0.2) is 0 Å². The lowest BCUT2D eigenvalue weighted by Gasteiger charge is -2.24. The van der Waals surface area contributed by atoms with Crippen LogP contribution in [0, 0.1) is 13.8 Å². The SMILES string of the molecule is Cc1cc(C)n(-c2cccc(CN(C)[C@H](C)Cc3cnccn3)c2)n1. The molecule has 0 aliphatic rings. The molecule has 1 aromatic carbocycles. The van der Waals surface area contributed by atoms with Gasteiger partial charge >= 0.3 is 0 Å². The van der Waals surface area contributed by atoms with Crippen molar-refractivity contribution in [2.45, 2.75) is 39.8 Å². The molecule has 0 saturated heterocycles. The average molecular weight is 335 g/mol. The highest BCUT2D eigenvalue weighted by Crippen LogP contribution is 2.16. The van der Waals surface area contributed by atoms with Crippen LogP contribution < -0.4 is 0 Å². The highest BCUT2D eigenvalue weighted by molar-refractivity contribution is 5.37. The predicted octanol–water partition coefficient (Wildman–Crippen LogP) is 3.34. The summed E-state index contributed by atoms with van der Waals surface area (Å²) >= 11 is 0. The van der Waals surface area contributed by atoms with E-state index in [1.165, 1.54) is 5.56 Å². The summed E-state index contributed by atoms with van der Waals surface area (Å²) in [4.78, 5) is 10.9. The minimum absolute atomic E-state index is 0.383. The summed E-state index contributed by atoms with van der Waals surface area (Å²) in [6, 6.07) is 11.1. The van der Waals surface area contributed by atoms with Crippen molar-refractivity contribution in [1.82, 2.24) is 24.6 Å². The number of aromatic nitrogens is 4. The minimum Gasteiger partial charge on any atom is -0.299 e. The van der Waals surface area contributed by atoms with E-state index in [0.717, 1.165) is 35.7 Å². The Morgan fingerprint density at radius 3 is 2.68 bits per heavy atom. The lowest BCUT2D eigenvalue weighted by molar-refractivity contribution is 0.246. The van der Waals surface area contributed by atoms with Gasteiger partial charge < -0.3 is 0 Å². The van der Waals surface area contributed by atoms with E-state index in [1.807, 2.05) is 17.8 Å². The van der Waals surface area contributed by atoms with E-state index in [0.29, 0.717) is 6.04 Å². The van der Waals surface area contributed by atoms with Crippen molar-refractivity contribution >= 4 is 0 Å². The number of nitrogens with zero attached hydrogens (tertiary/aromatic N) is 5. The molecule has 0 N–H and O–H groups in total. The van der Waals surface area contributed by atoms with Gasteiger partial charge in [-0.3, -0.25) is 14.9 Å². The summed E-state index contributed by atoms with van der Waals surface area (Å²) < 4.78 is 2.00. The summed E-state index contributed by atoms with van der Waals surface area (Å²) in [5, 5.41) is 4.58. The molecule has 3 aromatic rings. The summed E-state index contributed by atoms with van der Waals surface area (Å²) in [5.74, 6) is 0. The first-order valence-electron chi connectivity index (χ1n) is 8.60. The van der Waals surface area contributed by atoms with Gasteiger partial charge in [-0.15, -0.1) is 0 Å². The number of aryl methyl sites for hydroxylation is 2. The van der Waals surface area contributed by atoms with Gasteiger partial charge in [-0.05, 0) is 51.6 Å². The molecule has 130 valence electrons. The Morgan fingerprint density at radius 2 is 2.00 bits per heavy atom. The third kappa shape index (κ3) is 4.31. The monoisotopic (exact) mass is 335 g/mol. The number of hydrogen-bond acceptors (Lipinski definition) is 4. The van der Waals surface area contributed by atoms with Crippen LogP contribution in [-0.2, 0) is 13.0 Å². The van der Waals surface area contributed by atoms with Crippen LogP contribution in [0.5, 0.6) is 0 Å². The van der Waals surface area contributed by atoms with Crippen molar-refractivity contribution in [2.24, 2.45) is 0 Å². The largest absolute Gasteiger partial charge is 0.299 e. The van der Waals surface area contributed by atoms with E-state index >= 15 is 0 Å². The molecule has 25 heavy (non-hydrogen) atoms. The van der Waals surface area contributed by atoms with E-state index < -0.39 is 0 Å². The Hall–Kier alpha value is -2.53. The molecule has 0 amide bonds. The van der Waals surface area contributed by atoms with E-state index in [4.69, 9.17) is 0 Å². The van der Waals surface area contributed by atoms with Crippen LogP contribution >= 0.6 is 0 Å². The number of hydrogen-bond donors (Lipinski definition) is 0.